The molecule has 0 spiro atoms. The molecule has 0 saturated carbocycles. The molecule has 166 valence electrons. The van der Waals surface area contributed by atoms with Crippen LogP contribution in [0.3, 0.4) is 0 Å². The van der Waals surface area contributed by atoms with E-state index in [2.05, 4.69) is 15.1 Å². The molecule has 3 heterocycles. The number of hydrogen-bond donors (Lipinski definition) is 2. The van der Waals surface area contributed by atoms with Crippen LogP contribution in [0.2, 0.25) is 0 Å². The summed E-state index contributed by atoms with van der Waals surface area (Å²) in [5.41, 5.74) is -2.08. The van der Waals surface area contributed by atoms with Gasteiger partial charge in [0.1, 0.15) is 29.8 Å². The molecule has 1 fully saturated rings. The number of ether oxygens (including phenoxy) is 2. The van der Waals surface area contributed by atoms with E-state index >= 15 is 0 Å². The SMILES string of the molecule is COCCOc1cc(F)c(C2(O)CCN(c3nn4c(C)ncc4c(=O)[nH]3)CC2)c(F)c1. The summed E-state index contributed by atoms with van der Waals surface area (Å²) in [7, 11) is 1.50. The number of H-pyrrole nitrogens is 1. The maximum Gasteiger partial charge on any atom is 0.278 e. The third-order valence-electron chi connectivity index (χ3n) is 5.49. The van der Waals surface area contributed by atoms with E-state index in [0.29, 0.717) is 17.3 Å². The molecule has 1 aliphatic heterocycles. The lowest BCUT2D eigenvalue weighted by Crippen LogP contribution is -2.44. The number of fused-ring (bicyclic) bond motifs is 1. The number of hydrogen-bond acceptors (Lipinski definition) is 7. The van der Waals surface area contributed by atoms with Crippen LogP contribution in [0.1, 0.15) is 24.2 Å². The standard InChI is InChI=1S/C20H23F2N5O4/c1-12-23-11-16-18(28)24-19(25-27(12)16)26-5-3-20(29,4-6-26)17-14(21)9-13(10-15(17)22)31-8-7-30-2/h9-11,29H,3-8H2,1-2H3,(H,24,25,28). The Balaban J connectivity index is 1.54. The average Bonchev–Trinajstić information content (AvgIpc) is 3.09. The number of methoxy groups -OCH3 is 1. The zero-order chi connectivity index (χ0) is 22.2. The summed E-state index contributed by atoms with van der Waals surface area (Å²) < 4.78 is 41.0. The van der Waals surface area contributed by atoms with Crippen LogP contribution in [-0.2, 0) is 10.3 Å². The van der Waals surface area contributed by atoms with Crippen molar-refractivity contribution in [3.8, 4) is 5.75 Å². The number of aryl methyl sites for hydroxylation is 1. The molecule has 9 nitrogen and oxygen atoms in total. The summed E-state index contributed by atoms with van der Waals surface area (Å²) in [6, 6.07) is 2.13. The predicted octanol–water partition coefficient (Wildman–Crippen LogP) is 1.52. The van der Waals surface area contributed by atoms with E-state index in [1.165, 1.54) is 17.8 Å². The minimum atomic E-state index is -1.69. The Morgan fingerprint density at radius 1 is 1.23 bits per heavy atom. The normalized spacial score (nSPS) is 16.1. The number of aromatic amines is 1. The highest BCUT2D eigenvalue weighted by Crippen LogP contribution is 2.38. The Labute approximate surface area is 176 Å². The Kier molecular flexibility index (Phi) is 5.63. The minimum Gasteiger partial charge on any atom is -0.491 e. The van der Waals surface area contributed by atoms with Crippen molar-refractivity contribution in [2.24, 2.45) is 0 Å². The average molecular weight is 435 g/mol. The molecule has 2 aromatic heterocycles. The largest absolute Gasteiger partial charge is 0.491 e. The monoisotopic (exact) mass is 435 g/mol. The highest BCUT2D eigenvalue weighted by Gasteiger charge is 2.39. The smallest absolute Gasteiger partial charge is 0.278 e. The van der Waals surface area contributed by atoms with Crippen LogP contribution in [0, 0.1) is 18.6 Å². The van der Waals surface area contributed by atoms with Crippen LogP contribution < -0.4 is 15.2 Å². The van der Waals surface area contributed by atoms with E-state index in [-0.39, 0.29) is 56.0 Å². The summed E-state index contributed by atoms with van der Waals surface area (Å²) in [6.07, 6.45) is 1.54. The number of aliphatic hydroxyl groups is 1. The van der Waals surface area contributed by atoms with E-state index in [4.69, 9.17) is 9.47 Å². The van der Waals surface area contributed by atoms with Crippen molar-refractivity contribution in [1.82, 2.24) is 19.6 Å². The first-order chi connectivity index (χ1) is 14.8. The molecule has 0 amide bonds. The number of imidazole rings is 1. The summed E-state index contributed by atoms with van der Waals surface area (Å²) >= 11 is 0. The van der Waals surface area contributed by atoms with Gasteiger partial charge >= 0.3 is 0 Å². The molecule has 11 heteroatoms. The van der Waals surface area contributed by atoms with Crippen LogP contribution >= 0.6 is 0 Å². The third kappa shape index (κ3) is 3.98. The molecule has 3 aromatic rings. The lowest BCUT2D eigenvalue weighted by atomic mass is 9.83. The van der Waals surface area contributed by atoms with Crippen LogP contribution in [0.15, 0.2) is 23.1 Å². The highest BCUT2D eigenvalue weighted by molar-refractivity contribution is 5.45. The summed E-state index contributed by atoms with van der Waals surface area (Å²) in [5, 5.41) is 15.4. The van der Waals surface area contributed by atoms with Gasteiger partial charge in [-0.2, -0.15) is 0 Å². The van der Waals surface area contributed by atoms with Crippen LogP contribution in [-0.4, -0.2) is 58.1 Å². The number of nitrogens with zero attached hydrogens (tertiary/aromatic N) is 4. The zero-order valence-electron chi connectivity index (χ0n) is 17.2. The molecule has 0 bridgehead atoms. The molecule has 0 radical (unpaired) electrons. The fourth-order valence-corrected chi connectivity index (χ4v) is 3.81. The fraction of sp³-hybridized carbons (Fsp3) is 0.450. The van der Waals surface area contributed by atoms with Crippen molar-refractivity contribution in [1.29, 1.82) is 0 Å². The maximum absolute atomic E-state index is 14.7. The number of piperidine rings is 1. The Bertz CT molecular complexity index is 1130. The molecule has 1 aliphatic rings. The van der Waals surface area contributed by atoms with E-state index in [1.807, 2.05) is 0 Å². The number of aromatic nitrogens is 4. The minimum absolute atomic E-state index is 0.0302. The van der Waals surface area contributed by atoms with Crippen molar-refractivity contribution in [3.63, 3.8) is 0 Å². The quantitative estimate of drug-likeness (QED) is 0.566. The van der Waals surface area contributed by atoms with Gasteiger partial charge in [-0.3, -0.25) is 9.78 Å². The number of halogens is 2. The van der Waals surface area contributed by atoms with Gasteiger partial charge in [0.2, 0.25) is 5.95 Å². The van der Waals surface area contributed by atoms with Crippen molar-refractivity contribution >= 4 is 11.5 Å². The Morgan fingerprint density at radius 2 is 1.90 bits per heavy atom. The molecule has 0 unspecified atom stereocenters. The third-order valence-corrected chi connectivity index (χ3v) is 5.49. The van der Waals surface area contributed by atoms with E-state index in [1.54, 1.807) is 11.8 Å². The number of rotatable bonds is 6. The molecule has 2 N–H and O–H groups in total. The van der Waals surface area contributed by atoms with Gasteiger partial charge in [-0.15, -0.1) is 5.10 Å². The van der Waals surface area contributed by atoms with E-state index < -0.39 is 17.2 Å². The second-order valence-electron chi connectivity index (χ2n) is 7.50. The van der Waals surface area contributed by atoms with Crippen LogP contribution in [0.5, 0.6) is 5.75 Å². The van der Waals surface area contributed by atoms with Gasteiger partial charge < -0.3 is 19.5 Å². The fourth-order valence-electron chi connectivity index (χ4n) is 3.81. The zero-order valence-corrected chi connectivity index (χ0v) is 17.2. The predicted molar refractivity (Wildman–Crippen MR) is 107 cm³/mol. The molecule has 4 rings (SSSR count). The van der Waals surface area contributed by atoms with Crippen LogP contribution in [0.25, 0.3) is 5.52 Å². The van der Waals surface area contributed by atoms with Crippen molar-refractivity contribution < 1.29 is 23.4 Å². The van der Waals surface area contributed by atoms with E-state index in [9.17, 15) is 18.7 Å². The summed E-state index contributed by atoms with van der Waals surface area (Å²) in [4.78, 5) is 20.8. The highest BCUT2D eigenvalue weighted by atomic mass is 19.1. The maximum atomic E-state index is 14.7. The first kappa shape index (κ1) is 21.2. The van der Waals surface area contributed by atoms with Crippen molar-refractivity contribution in [3.05, 3.63) is 51.7 Å². The van der Waals surface area contributed by atoms with Gasteiger partial charge in [0, 0.05) is 32.3 Å². The van der Waals surface area contributed by atoms with Gasteiger partial charge in [0.05, 0.1) is 24.0 Å². The topological polar surface area (TPSA) is 105 Å². The van der Waals surface area contributed by atoms with Gasteiger partial charge in [0.25, 0.3) is 5.56 Å². The lowest BCUT2D eigenvalue weighted by molar-refractivity contribution is 0.00463. The Morgan fingerprint density at radius 3 is 2.55 bits per heavy atom. The molecule has 31 heavy (non-hydrogen) atoms. The number of anilines is 1. The second-order valence-corrected chi connectivity index (χ2v) is 7.50. The molecular weight excluding hydrogens is 412 g/mol. The molecule has 1 aromatic carbocycles. The van der Waals surface area contributed by atoms with Crippen LogP contribution in [0.4, 0.5) is 14.7 Å². The number of benzene rings is 1. The molecular formula is C20H23F2N5O4. The molecule has 1 saturated heterocycles. The first-order valence-electron chi connectivity index (χ1n) is 9.85. The Hall–Kier alpha value is -3.05. The van der Waals surface area contributed by atoms with Gasteiger partial charge in [-0.25, -0.2) is 18.3 Å². The van der Waals surface area contributed by atoms with E-state index in [0.717, 1.165) is 12.1 Å². The van der Waals surface area contributed by atoms with Gasteiger partial charge in [-0.05, 0) is 19.8 Å². The summed E-state index contributed by atoms with van der Waals surface area (Å²) in [5.74, 6) is -0.838. The second kappa shape index (κ2) is 8.23. The number of nitrogens with one attached hydrogen (secondary N) is 1. The lowest BCUT2D eigenvalue weighted by Gasteiger charge is -2.38. The molecule has 0 aliphatic carbocycles. The first-order valence-corrected chi connectivity index (χ1v) is 9.85. The summed E-state index contributed by atoms with van der Waals surface area (Å²) in [6.45, 7) is 2.64. The van der Waals surface area contributed by atoms with Crippen molar-refractivity contribution in [2.75, 3.05) is 38.3 Å². The van der Waals surface area contributed by atoms with Gasteiger partial charge in [0.15, 0.2) is 5.52 Å². The van der Waals surface area contributed by atoms with Crippen molar-refractivity contribution in [2.45, 2.75) is 25.4 Å². The molecule has 0 atom stereocenters. The van der Waals surface area contributed by atoms with Gasteiger partial charge in [-0.1, -0.05) is 0 Å².